The first-order valence-electron chi connectivity index (χ1n) is 6.73. The highest BCUT2D eigenvalue weighted by molar-refractivity contribution is 9.11. The van der Waals surface area contributed by atoms with E-state index in [-0.39, 0.29) is 0 Å². The predicted octanol–water partition coefficient (Wildman–Crippen LogP) is 5.60. The van der Waals surface area contributed by atoms with Gasteiger partial charge >= 0.3 is 0 Å². The molecule has 0 radical (unpaired) electrons. The number of ether oxygens (including phenoxy) is 1. The molecule has 1 aromatic rings. The molecule has 0 heterocycles. The molecule has 1 N–H and O–H groups in total. The minimum atomic E-state index is 0.345. The molecule has 0 aliphatic heterocycles. The lowest BCUT2D eigenvalue weighted by Gasteiger charge is -2.39. The van der Waals surface area contributed by atoms with E-state index in [1.54, 1.807) is 7.11 Å². The summed E-state index contributed by atoms with van der Waals surface area (Å²) in [5, 5.41) is 3.69. The van der Waals surface area contributed by atoms with Crippen LogP contribution in [-0.2, 0) is 0 Å². The van der Waals surface area contributed by atoms with E-state index < -0.39 is 0 Å². The van der Waals surface area contributed by atoms with E-state index in [2.05, 4.69) is 57.1 Å². The van der Waals surface area contributed by atoms with Gasteiger partial charge < -0.3 is 10.1 Å². The maximum atomic E-state index is 5.37. The highest BCUT2D eigenvalue weighted by atomic mass is 79.9. The Hall–Kier alpha value is -0.220. The van der Waals surface area contributed by atoms with Crippen LogP contribution in [-0.4, -0.2) is 13.2 Å². The Morgan fingerprint density at radius 1 is 1.21 bits per heavy atom. The zero-order chi connectivity index (χ0) is 14.0. The smallest absolute Gasteiger partial charge is 0.135 e. The summed E-state index contributed by atoms with van der Waals surface area (Å²) >= 11 is 7.13. The van der Waals surface area contributed by atoms with Gasteiger partial charge in [0, 0.05) is 16.6 Å². The van der Waals surface area contributed by atoms with E-state index in [0.29, 0.717) is 11.5 Å². The van der Waals surface area contributed by atoms with Gasteiger partial charge in [0.05, 0.1) is 17.3 Å². The van der Waals surface area contributed by atoms with Crippen LogP contribution in [0, 0.1) is 5.41 Å². The average Bonchev–Trinajstić information content (AvgIpc) is 2.34. The molecule has 0 saturated heterocycles. The van der Waals surface area contributed by atoms with Crippen molar-refractivity contribution in [3.8, 4) is 5.75 Å². The van der Waals surface area contributed by atoms with E-state index >= 15 is 0 Å². The molecule has 1 aliphatic rings. The molecule has 1 unspecified atom stereocenters. The molecule has 0 aromatic heterocycles. The lowest BCUT2D eigenvalue weighted by atomic mass is 9.73. The molecular weight excluding hydrogens is 370 g/mol. The van der Waals surface area contributed by atoms with Crippen molar-refractivity contribution in [1.82, 2.24) is 0 Å². The minimum Gasteiger partial charge on any atom is -0.495 e. The third-order valence-electron chi connectivity index (χ3n) is 4.08. The fourth-order valence-electron chi connectivity index (χ4n) is 2.75. The van der Waals surface area contributed by atoms with Gasteiger partial charge in [-0.2, -0.15) is 0 Å². The Balaban J connectivity index is 2.23. The largest absolute Gasteiger partial charge is 0.495 e. The monoisotopic (exact) mass is 389 g/mol. The van der Waals surface area contributed by atoms with Crippen LogP contribution >= 0.6 is 31.9 Å². The zero-order valence-corrected chi connectivity index (χ0v) is 14.9. The predicted molar refractivity (Wildman–Crippen MR) is 88.1 cm³/mol. The van der Waals surface area contributed by atoms with Crippen molar-refractivity contribution in [3.05, 3.63) is 21.1 Å². The van der Waals surface area contributed by atoms with Crippen LogP contribution in [0.3, 0.4) is 0 Å². The first kappa shape index (κ1) is 15.2. The summed E-state index contributed by atoms with van der Waals surface area (Å²) in [6.07, 6.45) is 5.18. The number of hydrogen-bond donors (Lipinski definition) is 1. The number of hydrogen-bond acceptors (Lipinski definition) is 2. The number of nitrogens with one attached hydrogen (secondary N) is 1. The van der Waals surface area contributed by atoms with Gasteiger partial charge in [0.2, 0.25) is 0 Å². The van der Waals surface area contributed by atoms with Crippen molar-refractivity contribution in [2.75, 3.05) is 12.4 Å². The number of anilines is 1. The molecule has 2 nitrogen and oxygen atoms in total. The molecule has 0 bridgehead atoms. The molecule has 1 atom stereocenters. The molecule has 1 aromatic carbocycles. The number of halogens is 2. The lowest BCUT2D eigenvalue weighted by Crippen LogP contribution is -2.39. The normalized spacial score (nSPS) is 22.1. The van der Waals surface area contributed by atoms with E-state index in [9.17, 15) is 0 Å². The number of methoxy groups -OCH3 is 1. The fraction of sp³-hybridized carbons (Fsp3) is 0.600. The molecule has 1 fully saturated rings. The average molecular weight is 391 g/mol. The van der Waals surface area contributed by atoms with Crippen LogP contribution in [0.1, 0.15) is 39.5 Å². The molecular formula is C15H21Br2NO. The second kappa shape index (κ2) is 6.04. The van der Waals surface area contributed by atoms with Crippen molar-refractivity contribution in [1.29, 1.82) is 0 Å². The molecule has 0 amide bonds. The van der Waals surface area contributed by atoms with Gasteiger partial charge in [-0.3, -0.25) is 0 Å². The van der Waals surface area contributed by atoms with Crippen LogP contribution in [0.25, 0.3) is 0 Å². The summed E-state index contributed by atoms with van der Waals surface area (Å²) in [5.74, 6) is 0.860. The molecule has 1 saturated carbocycles. The fourth-order valence-corrected chi connectivity index (χ4v) is 4.02. The minimum absolute atomic E-state index is 0.345. The van der Waals surface area contributed by atoms with Crippen molar-refractivity contribution in [2.24, 2.45) is 5.41 Å². The summed E-state index contributed by atoms with van der Waals surface area (Å²) in [6, 6.07) is 4.61. The summed E-state index contributed by atoms with van der Waals surface area (Å²) in [5.41, 5.74) is 1.46. The summed E-state index contributed by atoms with van der Waals surface area (Å²) < 4.78 is 7.41. The summed E-state index contributed by atoms with van der Waals surface area (Å²) in [4.78, 5) is 0. The van der Waals surface area contributed by atoms with Gasteiger partial charge in [0.1, 0.15) is 5.75 Å². The van der Waals surface area contributed by atoms with E-state index in [4.69, 9.17) is 4.74 Å². The Morgan fingerprint density at radius 2 is 1.95 bits per heavy atom. The SMILES string of the molecule is COc1cc(NC2CCCCC2(C)C)c(Br)cc1Br. The highest BCUT2D eigenvalue weighted by Gasteiger charge is 2.32. The van der Waals surface area contributed by atoms with Crippen molar-refractivity contribution >= 4 is 37.5 Å². The van der Waals surface area contributed by atoms with E-state index in [1.807, 2.05) is 6.07 Å². The third kappa shape index (κ3) is 3.46. The Labute approximate surface area is 132 Å². The highest BCUT2D eigenvalue weighted by Crippen LogP contribution is 2.40. The maximum absolute atomic E-state index is 5.37. The third-order valence-corrected chi connectivity index (χ3v) is 5.35. The molecule has 1 aliphatic carbocycles. The van der Waals surface area contributed by atoms with Crippen LogP contribution in [0.4, 0.5) is 5.69 Å². The topological polar surface area (TPSA) is 21.3 Å². The Kier molecular flexibility index (Phi) is 4.83. The second-order valence-corrected chi connectivity index (χ2v) is 7.61. The van der Waals surface area contributed by atoms with Gasteiger partial charge in [-0.15, -0.1) is 0 Å². The van der Waals surface area contributed by atoms with Crippen molar-refractivity contribution in [3.63, 3.8) is 0 Å². The lowest BCUT2D eigenvalue weighted by molar-refractivity contribution is 0.217. The van der Waals surface area contributed by atoms with Gasteiger partial charge in [-0.25, -0.2) is 0 Å². The zero-order valence-electron chi connectivity index (χ0n) is 11.7. The first-order chi connectivity index (χ1) is 8.94. The summed E-state index contributed by atoms with van der Waals surface area (Å²) in [7, 11) is 1.70. The molecule has 106 valence electrons. The van der Waals surface area contributed by atoms with E-state index in [0.717, 1.165) is 20.4 Å². The number of rotatable bonds is 3. The molecule has 19 heavy (non-hydrogen) atoms. The Morgan fingerprint density at radius 3 is 2.58 bits per heavy atom. The van der Waals surface area contributed by atoms with Crippen molar-refractivity contribution < 1.29 is 4.74 Å². The second-order valence-electron chi connectivity index (χ2n) is 5.90. The van der Waals surface area contributed by atoms with Crippen molar-refractivity contribution in [2.45, 2.75) is 45.6 Å². The van der Waals surface area contributed by atoms with E-state index in [1.165, 1.54) is 25.7 Å². The molecule has 4 heteroatoms. The van der Waals surface area contributed by atoms with Crippen LogP contribution in [0.15, 0.2) is 21.1 Å². The maximum Gasteiger partial charge on any atom is 0.135 e. The quantitative estimate of drug-likeness (QED) is 0.724. The molecule has 0 spiro atoms. The number of benzene rings is 1. The van der Waals surface area contributed by atoms with Gasteiger partial charge in [-0.1, -0.05) is 26.7 Å². The first-order valence-corrected chi connectivity index (χ1v) is 8.32. The summed E-state index contributed by atoms with van der Waals surface area (Å²) in [6.45, 7) is 4.71. The molecule has 2 rings (SSSR count). The standard InChI is InChI=1S/C15H21Br2NO/c1-15(2)7-5-4-6-14(15)18-12-9-13(19-3)11(17)8-10(12)16/h8-9,14,18H,4-7H2,1-3H3. The van der Waals surface area contributed by atoms with Gasteiger partial charge in [0.25, 0.3) is 0 Å². The van der Waals surface area contributed by atoms with Crippen LogP contribution < -0.4 is 10.1 Å². The van der Waals surface area contributed by atoms with Crippen LogP contribution in [0.2, 0.25) is 0 Å². The van der Waals surface area contributed by atoms with Gasteiger partial charge in [0.15, 0.2) is 0 Å². The van der Waals surface area contributed by atoms with Gasteiger partial charge in [-0.05, 0) is 56.2 Å². The Bertz CT molecular complexity index is 460. The van der Waals surface area contributed by atoms with Crippen LogP contribution in [0.5, 0.6) is 5.75 Å².